The lowest BCUT2D eigenvalue weighted by molar-refractivity contribution is -0.127. The van der Waals surface area contributed by atoms with Crippen LogP contribution in [0.15, 0.2) is 71.6 Å². The molecule has 0 unspecified atom stereocenters. The summed E-state index contributed by atoms with van der Waals surface area (Å²) in [6.07, 6.45) is -1.03. The van der Waals surface area contributed by atoms with Crippen LogP contribution in [0.1, 0.15) is 31.9 Å². The molecule has 1 aliphatic heterocycles. The minimum Gasteiger partial charge on any atom is -0.490 e. The van der Waals surface area contributed by atoms with Crippen LogP contribution in [-0.4, -0.2) is 40.1 Å². The first-order chi connectivity index (χ1) is 17.5. The van der Waals surface area contributed by atoms with Gasteiger partial charge in [0.25, 0.3) is 15.9 Å². The lowest BCUT2D eigenvalue weighted by atomic mass is 9.86. The summed E-state index contributed by atoms with van der Waals surface area (Å²) < 4.78 is 40.4. The van der Waals surface area contributed by atoms with E-state index < -0.39 is 22.0 Å². The van der Waals surface area contributed by atoms with Crippen molar-refractivity contribution in [3.63, 3.8) is 0 Å². The molecule has 0 aliphatic carbocycles. The predicted molar refractivity (Wildman–Crippen MR) is 145 cm³/mol. The van der Waals surface area contributed by atoms with Crippen molar-refractivity contribution >= 4 is 33.2 Å². The Morgan fingerprint density at radius 3 is 2.49 bits per heavy atom. The number of aryl methyl sites for hydroxylation is 1. The molecule has 1 amide bonds. The molecule has 9 heteroatoms. The Hall–Kier alpha value is -3.23. The second kappa shape index (κ2) is 10.6. The van der Waals surface area contributed by atoms with E-state index in [1.54, 1.807) is 54.6 Å². The molecule has 0 spiro atoms. The van der Waals surface area contributed by atoms with E-state index in [9.17, 15) is 13.2 Å². The van der Waals surface area contributed by atoms with Gasteiger partial charge in [0.05, 0.1) is 28.7 Å². The van der Waals surface area contributed by atoms with Gasteiger partial charge in [0.2, 0.25) is 0 Å². The van der Waals surface area contributed by atoms with Crippen molar-refractivity contribution in [2.75, 3.05) is 24.0 Å². The Balaban J connectivity index is 1.56. The van der Waals surface area contributed by atoms with Crippen LogP contribution < -0.4 is 19.1 Å². The highest BCUT2D eigenvalue weighted by Gasteiger charge is 2.38. The Morgan fingerprint density at radius 2 is 1.81 bits per heavy atom. The Bertz CT molecular complexity index is 1380. The van der Waals surface area contributed by atoms with E-state index in [0.717, 1.165) is 11.1 Å². The third-order valence-electron chi connectivity index (χ3n) is 6.09. The molecule has 1 aliphatic rings. The van der Waals surface area contributed by atoms with Crippen LogP contribution in [0.25, 0.3) is 0 Å². The quantitative estimate of drug-likeness (QED) is 0.420. The van der Waals surface area contributed by atoms with Gasteiger partial charge in [-0.05, 0) is 54.3 Å². The fraction of sp³-hybridized carbons (Fsp3) is 0.321. The van der Waals surface area contributed by atoms with Crippen LogP contribution >= 0.6 is 11.6 Å². The molecule has 1 heterocycles. The first kappa shape index (κ1) is 26.8. The van der Waals surface area contributed by atoms with E-state index in [1.165, 1.54) is 4.31 Å². The lowest BCUT2D eigenvalue weighted by Crippen LogP contribution is -2.51. The summed E-state index contributed by atoms with van der Waals surface area (Å²) in [5.74, 6) is 0.422. The number of rotatable bonds is 7. The predicted octanol–water partition coefficient (Wildman–Crippen LogP) is 5.10. The fourth-order valence-electron chi connectivity index (χ4n) is 3.93. The number of hydrogen-bond donors (Lipinski definition) is 1. The van der Waals surface area contributed by atoms with Crippen molar-refractivity contribution in [3.05, 3.63) is 82.9 Å². The van der Waals surface area contributed by atoms with Gasteiger partial charge in [0.1, 0.15) is 18.1 Å². The molecule has 4 rings (SSSR count). The molecule has 1 N–H and O–H groups in total. The molecule has 196 valence electrons. The number of halogens is 1. The third-order valence-corrected chi connectivity index (χ3v) is 8.20. The van der Waals surface area contributed by atoms with E-state index in [-0.39, 0.29) is 30.0 Å². The van der Waals surface area contributed by atoms with E-state index in [1.807, 2.05) is 19.1 Å². The highest BCUT2D eigenvalue weighted by molar-refractivity contribution is 7.92. The number of carbonyl (C=O) groups excluding carboxylic acids is 1. The van der Waals surface area contributed by atoms with Gasteiger partial charge in [-0.2, -0.15) is 0 Å². The molecular formula is C28H31ClN2O5S. The molecular weight excluding hydrogens is 512 g/mol. The standard InChI is InChI=1S/C28H31ClN2O5S/c1-19-9-12-21(13-10-19)37(33,34)31-18-26(36-25-14-11-20(17-23(25)31)28(2,3)4)27(32)30-15-16-35-24-8-6-5-7-22(24)29/h5-14,17,26H,15-16,18H2,1-4H3,(H,30,32)/t26-/m0/s1. The molecule has 0 aromatic heterocycles. The van der Waals surface area contributed by atoms with Crippen LogP contribution in [0.3, 0.4) is 0 Å². The Labute approximate surface area is 223 Å². The smallest absolute Gasteiger partial charge is 0.264 e. The second-order valence-electron chi connectivity index (χ2n) is 9.96. The van der Waals surface area contributed by atoms with Crippen molar-refractivity contribution in [3.8, 4) is 11.5 Å². The second-order valence-corrected chi connectivity index (χ2v) is 12.2. The summed E-state index contributed by atoms with van der Waals surface area (Å²) in [5.41, 5.74) is 2.12. The molecule has 0 saturated heterocycles. The van der Waals surface area contributed by atoms with E-state index >= 15 is 0 Å². The molecule has 3 aromatic rings. The van der Waals surface area contributed by atoms with Crippen molar-refractivity contribution in [2.45, 2.75) is 44.1 Å². The summed E-state index contributed by atoms with van der Waals surface area (Å²) in [4.78, 5) is 13.2. The highest BCUT2D eigenvalue weighted by Crippen LogP contribution is 2.40. The number of benzene rings is 3. The minimum atomic E-state index is -3.95. The molecule has 37 heavy (non-hydrogen) atoms. The van der Waals surface area contributed by atoms with Gasteiger partial charge in [0.15, 0.2) is 6.10 Å². The minimum absolute atomic E-state index is 0.152. The monoisotopic (exact) mass is 542 g/mol. The molecule has 1 atom stereocenters. The maximum Gasteiger partial charge on any atom is 0.264 e. The van der Waals surface area contributed by atoms with E-state index in [0.29, 0.717) is 22.2 Å². The molecule has 3 aromatic carbocycles. The van der Waals surface area contributed by atoms with E-state index in [2.05, 4.69) is 26.1 Å². The van der Waals surface area contributed by atoms with Crippen LogP contribution in [0, 0.1) is 6.92 Å². The highest BCUT2D eigenvalue weighted by atomic mass is 35.5. The van der Waals surface area contributed by atoms with Crippen LogP contribution in [0.4, 0.5) is 5.69 Å². The number of hydrogen-bond acceptors (Lipinski definition) is 5. The summed E-state index contributed by atoms with van der Waals surface area (Å²) >= 11 is 6.10. The van der Waals surface area contributed by atoms with Crippen molar-refractivity contribution in [1.82, 2.24) is 5.32 Å². The van der Waals surface area contributed by atoms with Crippen molar-refractivity contribution in [1.29, 1.82) is 0 Å². The maximum atomic E-state index is 13.7. The molecule has 0 fully saturated rings. The van der Waals surface area contributed by atoms with Gasteiger partial charge in [0, 0.05) is 0 Å². The van der Waals surface area contributed by atoms with Gasteiger partial charge in [-0.1, -0.05) is 68.3 Å². The molecule has 7 nitrogen and oxygen atoms in total. The average Bonchev–Trinajstić information content (AvgIpc) is 2.86. The van der Waals surface area contributed by atoms with Gasteiger partial charge in [-0.3, -0.25) is 9.10 Å². The number of anilines is 1. The van der Waals surface area contributed by atoms with Gasteiger partial charge >= 0.3 is 0 Å². The first-order valence-electron chi connectivity index (χ1n) is 12.0. The molecule has 0 saturated carbocycles. The third kappa shape index (κ3) is 6.02. The number of carbonyl (C=O) groups is 1. The zero-order chi connectivity index (χ0) is 26.8. The number of amides is 1. The summed E-state index contributed by atoms with van der Waals surface area (Å²) in [6.45, 7) is 8.29. The number of nitrogens with zero attached hydrogens (tertiary/aromatic N) is 1. The first-order valence-corrected chi connectivity index (χ1v) is 13.8. The van der Waals surface area contributed by atoms with Crippen molar-refractivity contribution in [2.24, 2.45) is 0 Å². The zero-order valence-corrected chi connectivity index (χ0v) is 22.9. The largest absolute Gasteiger partial charge is 0.490 e. The average molecular weight is 543 g/mol. The molecule has 0 bridgehead atoms. The van der Waals surface area contributed by atoms with Crippen LogP contribution in [0.2, 0.25) is 5.02 Å². The molecule has 0 radical (unpaired) electrons. The number of sulfonamides is 1. The van der Waals surface area contributed by atoms with Crippen LogP contribution in [-0.2, 0) is 20.2 Å². The Morgan fingerprint density at radius 1 is 1.11 bits per heavy atom. The topological polar surface area (TPSA) is 84.9 Å². The number of fused-ring (bicyclic) bond motifs is 1. The van der Waals surface area contributed by atoms with E-state index in [4.69, 9.17) is 21.1 Å². The van der Waals surface area contributed by atoms with Gasteiger partial charge in [-0.25, -0.2) is 8.42 Å². The van der Waals surface area contributed by atoms with Gasteiger partial charge < -0.3 is 14.8 Å². The number of ether oxygens (including phenoxy) is 2. The Kier molecular flexibility index (Phi) is 7.71. The summed E-state index contributed by atoms with van der Waals surface area (Å²) in [7, 11) is -3.95. The number of para-hydroxylation sites is 1. The van der Waals surface area contributed by atoms with Crippen molar-refractivity contribution < 1.29 is 22.7 Å². The zero-order valence-electron chi connectivity index (χ0n) is 21.3. The lowest BCUT2D eigenvalue weighted by Gasteiger charge is -2.36. The summed E-state index contributed by atoms with van der Waals surface area (Å²) in [6, 6.07) is 19.2. The maximum absolute atomic E-state index is 13.7. The summed E-state index contributed by atoms with van der Waals surface area (Å²) in [5, 5.41) is 3.25. The van der Waals surface area contributed by atoms with Crippen LogP contribution in [0.5, 0.6) is 11.5 Å². The fourth-order valence-corrected chi connectivity index (χ4v) is 5.59. The van der Waals surface area contributed by atoms with Gasteiger partial charge in [-0.15, -0.1) is 0 Å². The normalized spacial score (nSPS) is 15.5. The SMILES string of the molecule is Cc1ccc(S(=O)(=O)N2C[C@@H](C(=O)NCCOc3ccccc3Cl)Oc3ccc(C(C)(C)C)cc32)cc1. The number of nitrogens with one attached hydrogen (secondary N) is 1.